The summed E-state index contributed by atoms with van der Waals surface area (Å²) in [6.45, 7) is 1.57. The van der Waals surface area contributed by atoms with E-state index in [1.165, 1.54) is 15.9 Å². The van der Waals surface area contributed by atoms with Gasteiger partial charge in [0.2, 0.25) is 5.88 Å². The molecule has 0 spiro atoms. The van der Waals surface area contributed by atoms with Crippen LogP contribution in [0.4, 0.5) is 0 Å². The van der Waals surface area contributed by atoms with Gasteiger partial charge in [0.25, 0.3) is 0 Å². The highest BCUT2D eigenvalue weighted by molar-refractivity contribution is 5.91. The fourth-order valence-electron chi connectivity index (χ4n) is 3.16. The first-order valence-electron chi connectivity index (χ1n) is 8.68. The van der Waals surface area contributed by atoms with E-state index >= 15 is 0 Å². The van der Waals surface area contributed by atoms with Crippen molar-refractivity contribution in [1.82, 2.24) is 19.9 Å². The van der Waals surface area contributed by atoms with Gasteiger partial charge in [-0.15, -0.1) is 5.06 Å². The lowest BCUT2D eigenvalue weighted by atomic mass is 10.2. The summed E-state index contributed by atoms with van der Waals surface area (Å²) in [7, 11) is 0. The first kappa shape index (κ1) is 18.5. The van der Waals surface area contributed by atoms with Gasteiger partial charge >= 0.3 is 5.97 Å². The van der Waals surface area contributed by atoms with Crippen LogP contribution < -0.4 is 0 Å². The van der Waals surface area contributed by atoms with Crippen LogP contribution in [0.15, 0.2) is 6.20 Å². The van der Waals surface area contributed by atoms with Crippen molar-refractivity contribution in [2.75, 3.05) is 19.7 Å². The van der Waals surface area contributed by atoms with E-state index in [4.69, 9.17) is 9.68 Å². The number of carbonyl (C=O) groups is 3. The summed E-state index contributed by atoms with van der Waals surface area (Å²) in [5.41, 5.74) is -0.0755. The average molecular weight is 366 g/mol. The normalized spacial score (nSPS) is 24.0. The lowest BCUT2D eigenvalue weighted by Gasteiger charge is -2.19. The SMILES string of the molecule is O=C[C@@H]1CCCN1OCCn1ncc(C(=O)ON2CCC[C@H]2C=O)c1O. The zero-order chi connectivity index (χ0) is 18.5. The zero-order valence-electron chi connectivity index (χ0n) is 14.3. The minimum absolute atomic E-state index is 0.0755. The molecule has 0 radical (unpaired) electrons. The zero-order valence-corrected chi connectivity index (χ0v) is 14.3. The van der Waals surface area contributed by atoms with Crippen molar-refractivity contribution in [3.63, 3.8) is 0 Å². The van der Waals surface area contributed by atoms with Gasteiger partial charge in [0, 0.05) is 13.1 Å². The molecule has 0 saturated carbocycles. The molecule has 0 aliphatic carbocycles. The Labute approximate surface area is 150 Å². The van der Waals surface area contributed by atoms with Gasteiger partial charge in [0.1, 0.15) is 24.2 Å². The van der Waals surface area contributed by atoms with E-state index in [1.807, 2.05) is 0 Å². The van der Waals surface area contributed by atoms with Crippen LogP contribution in [0, 0.1) is 0 Å². The number of hydroxylamine groups is 4. The molecule has 2 fully saturated rings. The third-order valence-corrected chi connectivity index (χ3v) is 4.60. The number of rotatable bonds is 8. The Kier molecular flexibility index (Phi) is 5.96. The molecule has 26 heavy (non-hydrogen) atoms. The molecule has 1 N–H and O–H groups in total. The van der Waals surface area contributed by atoms with Crippen LogP contribution in [0.25, 0.3) is 0 Å². The standard InChI is InChI=1S/C16H22N4O6/c21-10-12-3-1-5-19(12)25-8-7-18-15(23)14(9-17-18)16(24)26-20-6-2-4-13(20)11-22/h9-13,23H,1-8H2/t12-,13-/m0/s1. The fourth-order valence-corrected chi connectivity index (χ4v) is 3.16. The third-order valence-electron chi connectivity index (χ3n) is 4.60. The van der Waals surface area contributed by atoms with Crippen molar-refractivity contribution >= 4 is 18.5 Å². The van der Waals surface area contributed by atoms with Crippen LogP contribution in [0.1, 0.15) is 36.0 Å². The molecule has 0 aromatic carbocycles. The molecular weight excluding hydrogens is 344 g/mol. The Balaban J connectivity index is 1.53. The van der Waals surface area contributed by atoms with Crippen LogP contribution in [-0.4, -0.2) is 75.3 Å². The first-order chi connectivity index (χ1) is 12.6. The van der Waals surface area contributed by atoms with Crippen molar-refractivity contribution in [2.45, 2.75) is 44.3 Å². The molecule has 3 heterocycles. The number of aldehydes is 2. The summed E-state index contributed by atoms with van der Waals surface area (Å²) < 4.78 is 1.23. The van der Waals surface area contributed by atoms with E-state index in [0.29, 0.717) is 19.5 Å². The predicted octanol–water partition coefficient (Wildman–Crippen LogP) is -0.0813. The lowest BCUT2D eigenvalue weighted by Crippen LogP contribution is -2.33. The van der Waals surface area contributed by atoms with E-state index in [-0.39, 0.29) is 30.6 Å². The van der Waals surface area contributed by atoms with Gasteiger partial charge in [-0.05, 0) is 25.7 Å². The largest absolute Gasteiger partial charge is 0.493 e. The molecule has 2 aliphatic rings. The maximum atomic E-state index is 12.2. The molecule has 0 unspecified atom stereocenters. The van der Waals surface area contributed by atoms with Crippen molar-refractivity contribution in [3.8, 4) is 5.88 Å². The summed E-state index contributed by atoms with van der Waals surface area (Å²) in [5.74, 6) is -1.09. The molecule has 2 atom stereocenters. The number of aromatic nitrogens is 2. The van der Waals surface area contributed by atoms with Crippen molar-refractivity contribution in [3.05, 3.63) is 11.8 Å². The van der Waals surface area contributed by atoms with Crippen LogP contribution in [0.5, 0.6) is 5.88 Å². The smallest absolute Gasteiger partial charge is 0.364 e. The van der Waals surface area contributed by atoms with E-state index in [2.05, 4.69) is 5.10 Å². The Morgan fingerprint density at radius 1 is 1.19 bits per heavy atom. The highest BCUT2D eigenvalue weighted by Gasteiger charge is 2.30. The van der Waals surface area contributed by atoms with E-state index in [9.17, 15) is 19.5 Å². The second-order valence-corrected chi connectivity index (χ2v) is 6.29. The summed E-state index contributed by atoms with van der Waals surface area (Å²) in [6, 6.07) is -0.686. The Hall–Kier alpha value is -2.30. The molecule has 1 aromatic rings. The van der Waals surface area contributed by atoms with Crippen molar-refractivity contribution < 1.29 is 29.2 Å². The molecule has 0 amide bonds. The van der Waals surface area contributed by atoms with Crippen molar-refractivity contribution in [1.29, 1.82) is 0 Å². The maximum Gasteiger partial charge on any atom is 0.364 e. The van der Waals surface area contributed by atoms with Crippen molar-refractivity contribution in [2.24, 2.45) is 0 Å². The lowest BCUT2D eigenvalue weighted by molar-refractivity contribution is -0.171. The Morgan fingerprint density at radius 3 is 2.54 bits per heavy atom. The number of hydrogen-bond acceptors (Lipinski definition) is 9. The number of aromatic hydroxyl groups is 1. The van der Waals surface area contributed by atoms with Gasteiger partial charge in [-0.2, -0.15) is 10.2 Å². The quantitative estimate of drug-likeness (QED) is 0.631. The summed E-state index contributed by atoms with van der Waals surface area (Å²) in [4.78, 5) is 44.8. The molecule has 10 heteroatoms. The predicted molar refractivity (Wildman–Crippen MR) is 86.8 cm³/mol. The highest BCUT2D eigenvalue weighted by Crippen LogP contribution is 2.22. The van der Waals surface area contributed by atoms with Gasteiger partial charge < -0.3 is 19.5 Å². The van der Waals surface area contributed by atoms with Gasteiger partial charge in [-0.3, -0.25) is 4.84 Å². The topological polar surface area (TPSA) is 114 Å². The van der Waals surface area contributed by atoms with Crippen LogP contribution in [0.3, 0.4) is 0 Å². The number of carbonyl (C=O) groups excluding carboxylic acids is 3. The van der Waals surface area contributed by atoms with E-state index in [1.54, 1.807) is 5.06 Å². The minimum Gasteiger partial charge on any atom is -0.493 e. The van der Waals surface area contributed by atoms with Crippen LogP contribution >= 0.6 is 0 Å². The molecular formula is C16H22N4O6. The maximum absolute atomic E-state index is 12.2. The Bertz CT molecular complexity index is 663. The van der Waals surface area contributed by atoms with E-state index in [0.717, 1.165) is 31.8 Å². The second-order valence-electron chi connectivity index (χ2n) is 6.29. The third kappa shape index (κ3) is 3.92. The molecule has 10 nitrogen and oxygen atoms in total. The summed E-state index contributed by atoms with van der Waals surface area (Å²) in [5, 5.41) is 17.1. The van der Waals surface area contributed by atoms with Gasteiger partial charge in [0.15, 0.2) is 0 Å². The average Bonchev–Trinajstić information content (AvgIpc) is 3.35. The molecule has 3 rings (SSSR count). The summed E-state index contributed by atoms with van der Waals surface area (Å²) >= 11 is 0. The molecule has 2 aliphatic heterocycles. The van der Waals surface area contributed by atoms with Crippen LogP contribution in [-0.2, 0) is 25.8 Å². The monoisotopic (exact) mass is 366 g/mol. The van der Waals surface area contributed by atoms with Gasteiger partial charge in [-0.25, -0.2) is 9.48 Å². The molecule has 1 aromatic heterocycles. The van der Waals surface area contributed by atoms with Crippen LogP contribution in [0.2, 0.25) is 0 Å². The molecule has 0 bridgehead atoms. The first-order valence-corrected chi connectivity index (χ1v) is 8.68. The molecule has 142 valence electrons. The second kappa shape index (κ2) is 8.39. The van der Waals surface area contributed by atoms with Gasteiger partial charge in [0.05, 0.1) is 25.4 Å². The Morgan fingerprint density at radius 2 is 1.85 bits per heavy atom. The molecule has 2 saturated heterocycles. The fraction of sp³-hybridized carbons (Fsp3) is 0.625. The van der Waals surface area contributed by atoms with Gasteiger partial charge in [-0.1, -0.05) is 0 Å². The summed E-state index contributed by atoms with van der Waals surface area (Å²) in [6.07, 6.45) is 5.88. The minimum atomic E-state index is -0.760. The highest BCUT2D eigenvalue weighted by atomic mass is 16.7. The number of nitrogens with zero attached hydrogens (tertiary/aromatic N) is 4. The number of hydrogen-bond donors (Lipinski definition) is 1. The van der Waals surface area contributed by atoms with E-state index < -0.39 is 12.0 Å².